The van der Waals surface area contributed by atoms with Crippen molar-refractivity contribution in [1.82, 2.24) is 9.80 Å². The van der Waals surface area contributed by atoms with Crippen molar-refractivity contribution in [1.29, 1.82) is 0 Å². The molecule has 0 spiro atoms. The van der Waals surface area contributed by atoms with Gasteiger partial charge in [0.2, 0.25) is 5.91 Å². The number of carbonyl (C=O) groups excluding carboxylic acids is 1. The van der Waals surface area contributed by atoms with Crippen LogP contribution < -0.4 is 5.73 Å². The Morgan fingerprint density at radius 2 is 1.95 bits per heavy atom. The second-order valence-corrected chi connectivity index (χ2v) is 5.34. The maximum absolute atomic E-state index is 12.1. The number of benzene rings is 1. The summed E-state index contributed by atoms with van der Waals surface area (Å²) in [6.45, 7) is 4.68. The minimum Gasteiger partial charge on any atom is -0.393 e. The average molecular weight is 293 g/mol. The number of rotatable bonds is 8. The van der Waals surface area contributed by atoms with E-state index in [2.05, 4.69) is 24.0 Å². The summed E-state index contributed by atoms with van der Waals surface area (Å²) in [4.78, 5) is 16.4. The molecule has 0 aliphatic heterocycles. The van der Waals surface area contributed by atoms with Crippen LogP contribution >= 0.6 is 12.2 Å². The molecule has 0 radical (unpaired) electrons. The number of thiocarbonyl (C=S) groups is 1. The summed E-state index contributed by atoms with van der Waals surface area (Å²) in [5.41, 5.74) is 6.67. The van der Waals surface area contributed by atoms with Crippen LogP contribution in [-0.4, -0.2) is 47.4 Å². The summed E-state index contributed by atoms with van der Waals surface area (Å²) in [6, 6.07) is 10.2. The number of nitrogens with zero attached hydrogens (tertiary/aromatic N) is 2. The Hall–Kier alpha value is -1.46. The van der Waals surface area contributed by atoms with Crippen LogP contribution in [-0.2, 0) is 11.3 Å². The van der Waals surface area contributed by atoms with Gasteiger partial charge in [-0.05, 0) is 12.1 Å². The predicted molar refractivity (Wildman–Crippen MR) is 86.4 cm³/mol. The Balaban J connectivity index is 2.47. The highest BCUT2D eigenvalue weighted by molar-refractivity contribution is 7.80. The third kappa shape index (κ3) is 6.12. The first-order chi connectivity index (χ1) is 9.52. The van der Waals surface area contributed by atoms with Gasteiger partial charge in [0.05, 0.1) is 11.5 Å². The zero-order valence-corrected chi connectivity index (χ0v) is 13.0. The molecule has 0 saturated heterocycles. The van der Waals surface area contributed by atoms with Crippen molar-refractivity contribution in [2.75, 3.05) is 26.7 Å². The third-order valence-electron chi connectivity index (χ3n) is 3.17. The largest absolute Gasteiger partial charge is 0.393 e. The Bertz CT molecular complexity index is 436. The van der Waals surface area contributed by atoms with Gasteiger partial charge < -0.3 is 10.6 Å². The highest BCUT2D eigenvalue weighted by Crippen LogP contribution is 2.04. The fraction of sp³-hybridized carbons (Fsp3) is 0.467. The predicted octanol–water partition coefficient (Wildman–Crippen LogP) is 1.64. The molecule has 1 amide bonds. The molecule has 0 saturated carbocycles. The Morgan fingerprint density at radius 3 is 2.50 bits per heavy atom. The molecule has 0 bridgehead atoms. The van der Waals surface area contributed by atoms with E-state index in [1.54, 1.807) is 11.9 Å². The van der Waals surface area contributed by atoms with Crippen molar-refractivity contribution in [3.63, 3.8) is 0 Å². The van der Waals surface area contributed by atoms with Gasteiger partial charge in [-0.3, -0.25) is 9.69 Å². The molecule has 5 heteroatoms. The van der Waals surface area contributed by atoms with E-state index in [0.29, 0.717) is 24.5 Å². The molecule has 0 heterocycles. The second-order valence-electron chi connectivity index (χ2n) is 4.82. The fourth-order valence-corrected chi connectivity index (χ4v) is 1.93. The van der Waals surface area contributed by atoms with Gasteiger partial charge >= 0.3 is 0 Å². The van der Waals surface area contributed by atoms with Gasteiger partial charge in [-0.15, -0.1) is 0 Å². The quantitative estimate of drug-likeness (QED) is 0.740. The molecule has 1 aromatic rings. The van der Waals surface area contributed by atoms with Crippen LogP contribution in [0.25, 0.3) is 0 Å². The van der Waals surface area contributed by atoms with E-state index in [4.69, 9.17) is 18.0 Å². The lowest BCUT2D eigenvalue weighted by molar-refractivity contribution is -0.131. The number of hydrogen-bond acceptors (Lipinski definition) is 3. The maximum atomic E-state index is 12.1. The van der Waals surface area contributed by atoms with Crippen LogP contribution in [0.15, 0.2) is 30.3 Å². The molecule has 1 rings (SSSR count). The first kappa shape index (κ1) is 16.6. The third-order valence-corrected chi connectivity index (χ3v) is 3.38. The van der Waals surface area contributed by atoms with E-state index in [1.165, 1.54) is 5.56 Å². The first-order valence-corrected chi connectivity index (χ1v) is 7.22. The van der Waals surface area contributed by atoms with Gasteiger partial charge in [0.15, 0.2) is 0 Å². The summed E-state index contributed by atoms with van der Waals surface area (Å²) in [7, 11) is 1.79. The lowest BCUT2D eigenvalue weighted by Gasteiger charge is -2.24. The average Bonchev–Trinajstić information content (AvgIpc) is 2.44. The molecule has 0 unspecified atom stereocenters. The number of amides is 1. The van der Waals surface area contributed by atoms with Gasteiger partial charge in [0, 0.05) is 26.6 Å². The van der Waals surface area contributed by atoms with Crippen LogP contribution in [0.4, 0.5) is 0 Å². The van der Waals surface area contributed by atoms with Crippen LogP contribution in [0.2, 0.25) is 0 Å². The van der Waals surface area contributed by atoms with Crippen molar-refractivity contribution in [3.05, 3.63) is 35.9 Å². The van der Waals surface area contributed by atoms with E-state index in [1.807, 2.05) is 18.2 Å². The molecule has 1 aromatic carbocycles. The highest BCUT2D eigenvalue weighted by Gasteiger charge is 2.13. The summed E-state index contributed by atoms with van der Waals surface area (Å²) < 4.78 is 0. The monoisotopic (exact) mass is 293 g/mol. The standard InChI is InChI=1S/C15H23N3OS/c1-3-18(11-13-7-5-4-6-8-13)12-15(19)17(2)10-9-14(16)20/h4-8H,3,9-12H2,1-2H3,(H2,16,20). The molecule has 4 nitrogen and oxygen atoms in total. The van der Waals surface area contributed by atoms with Gasteiger partial charge in [-0.25, -0.2) is 0 Å². The summed E-state index contributed by atoms with van der Waals surface area (Å²) >= 11 is 4.83. The van der Waals surface area contributed by atoms with Gasteiger partial charge in [-0.1, -0.05) is 49.5 Å². The van der Waals surface area contributed by atoms with E-state index in [9.17, 15) is 4.79 Å². The summed E-state index contributed by atoms with van der Waals surface area (Å²) in [6.07, 6.45) is 0.572. The van der Waals surface area contributed by atoms with Crippen molar-refractivity contribution in [2.45, 2.75) is 19.9 Å². The van der Waals surface area contributed by atoms with Crippen LogP contribution in [0, 0.1) is 0 Å². The normalized spacial score (nSPS) is 10.6. The Labute approximate surface area is 126 Å². The van der Waals surface area contributed by atoms with Crippen molar-refractivity contribution >= 4 is 23.1 Å². The van der Waals surface area contributed by atoms with Crippen LogP contribution in [0.5, 0.6) is 0 Å². The van der Waals surface area contributed by atoms with Gasteiger partial charge in [0.1, 0.15) is 0 Å². The molecule has 20 heavy (non-hydrogen) atoms. The minimum atomic E-state index is 0.0963. The van der Waals surface area contributed by atoms with Crippen molar-refractivity contribution < 1.29 is 4.79 Å². The minimum absolute atomic E-state index is 0.0963. The van der Waals surface area contributed by atoms with Crippen molar-refractivity contribution in [2.24, 2.45) is 5.73 Å². The van der Waals surface area contributed by atoms with Crippen molar-refractivity contribution in [3.8, 4) is 0 Å². The zero-order valence-electron chi connectivity index (χ0n) is 12.2. The van der Waals surface area contributed by atoms with Gasteiger partial charge in [-0.2, -0.15) is 0 Å². The van der Waals surface area contributed by atoms with Crippen LogP contribution in [0.3, 0.4) is 0 Å². The zero-order chi connectivity index (χ0) is 15.0. The summed E-state index contributed by atoms with van der Waals surface area (Å²) in [5.74, 6) is 0.0963. The lowest BCUT2D eigenvalue weighted by Crippen LogP contribution is -2.39. The fourth-order valence-electron chi connectivity index (χ4n) is 1.84. The molecule has 2 N–H and O–H groups in total. The lowest BCUT2D eigenvalue weighted by atomic mass is 10.2. The van der Waals surface area contributed by atoms with Gasteiger partial charge in [0.25, 0.3) is 0 Å². The molecule has 110 valence electrons. The Morgan fingerprint density at radius 1 is 1.30 bits per heavy atom. The first-order valence-electron chi connectivity index (χ1n) is 6.81. The second kappa shape index (κ2) is 8.66. The maximum Gasteiger partial charge on any atom is 0.236 e. The molecule has 0 aliphatic carbocycles. The van der Waals surface area contributed by atoms with E-state index >= 15 is 0 Å². The molecular formula is C15H23N3OS. The molecule has 0 aromatic heterocycles. The molecule has 0 fully saturated rings. The molecule has 0 atom stereocenters. The number of nitrogens with two attached hydrogens (primary N) is 1. The molecular weight excluding hydrogens is 270 g/mol. The smallest absolute Gasteiger partial charge is 0.236 e. The Kier molecular flexibility index (Phi) is 7.18. The van der Waals surface area contributed by atoms with E-state index in [-0.39, 0.29) is 5.91 Å². The topological polar surface area (TPSA) is 49.6 Å². The van der Waals surface area contributed by atoms with E-state index in [0.717, 1.165) is 13.1 Å². The highest BCUT2D eigenvalue weighted by atomic mass is 32.1. The number of hydrogen-bond donors (Lipinski definition) is 1. The van der Waals surface area contributed by atoms with E-state index < -0.39 is 0 Å². The molecule has 0 aliphatic rings. The van der Waals surface area contributed by atoms with Crippen LogP contribution in [0.1, 0.15) is 18.9 Å². The number of likely N-dealkylation sites (N-methyl/N-ethyl adjacent to an activating group) is 2. The number of carbonyl (C=O) groups is 1. The SMILES string of the molecule is CCN(CC(=O)N(C)CCC(N)=S)Cc1ccccc1. The summed E-state index contributed by atoms with van der Waals surface area (Å²) in [5, 5.41) is 0.